The molecule has 1 aliphatic heterocycles. The van der Waals surface area contributed by atoms with Gasteiger partial charge in [0.25, 0.3) is 11.8 Å². The molecule has 22 heavy (non-hydrogen) atoms. The first-order chi connectivity index (χ1) is 10.7. The highest BCUT2D eigenvalue weighted by Crippen LogP contribution is 2.18. The molecule has 6 heteroatoms. The number of ether oxygens (including phenoxy) is 1. The van der Waals surface area contributed by atoms with Gasteiger partial charge in [-0.3, -0.25) is 9.59 Å². The summed E-state index contributed by atoms with van der Waals surface area (Å²) in [5, 5.41) is 9.28. The van der Waals surface area contributed by atoms with Crippen molar-refractivity contribution in [2.75, 3.05) is 17.2 Å². The van der Waals surface area contributed by atoms with E-state index in [1.54, 1.807) is 35.7 Å². The normalized spacial score (nSPS) is 17.2. The Labute approximate surface area is 132 Å². The van der Waals surface area contributed by atoms with E-state index in [1.807, 2.05) is 5.38 Å². The van der Waals surface area contributed by atoms with Gasteiger partial charge in [0.1, 0.15) is 6.10 Å². The Morgan fingerprint density at radius 1 is 1.09 bits per heavy atom. The summed E-state index contributed by atoms with van der Waals surface area (Å²) in [6, 6.07) is 8.81. The summed E-state index contributed by atoms with van der Waals surface area (Å²) in [6.07, 6.45) is 1.34. The van der Waals surface area contributed by atoms with Crippen LogP contribution >= 0.6 is 11.3 Å². The number of rotatable bonds is 4. The van der Waals surface area contributed by atoms with E-state index in [9.17, 15) is 9.59 Å². The maximum Gasteiger partial charge on any atom is 0.256 e. The Morgan fingerprint density at radius 3 is 2.41 bits per heavy atom. The maximum absolute atomic E-state index is 11.9. The number of hydrogen-bond donors (Lipinski definition) is 2. The van der Waals surface area contributed by atoms with Crippen LogP contribution in [0, 0.1) is 0 Å². The summed E-state index contributed by atoms with van der Waals surface area (Å²) in [6.45, 7) is 0.644. The first kappa shape index (κ1) is 14.7. The molecule has 1 atom stereocenters. The van der Waals surface area contributed by atoms with Gasteiger partial charge in [0.2, 0.25) is 0 Å². The number of carbonyl (C=O) groups excluding carboxylic acids is 2. The predicted molar refractivity (Wildman–Crippen MR) is 86.3 cm³/mol. The zero-order valence-corrected chi connectivity index (χ0v) is 12.7. The molecule has 2 heterocycles. The quantitative estimate of drug-likeness (QED) is 0.910. The molecule has 1 unspecified atom stereocenters. The Kier molecular flexibility index (Phi) is 4.50. The number of amides is 2. The van der Waals surface area contributed by atoms with Gasteiger partial charge in [-0.15, -0.1) is 0 Å². The largest absolute Gasteiger partial charge is 0.368 e. The van der Waals surface area contributed by atoms with Gasteiger partial charge in [-0.2, -0.15) is 11.3 Å². The number of anilines is 2. The smallest absolute Gasteiger partial charge is 0.256 e. The van der Waals surface area contributed by atoms with Gasteiger partial charge < -0.3 is 15.4 Å². The molecule has 2 aromatic rings. The van der Waals surface area contributed by atoms with Crippen molar-refractivity contribution < 1.29 is 14.3 Å². The van der Waals surface area contributed by atoms with Crippen LogP contribution in [0.2, 0.25) is 0 Å². The molecule has 2 N–H and O–H groups in total. The Morgan fingerprint density at radius 2 is 1.82 bits per heavy atom. The van der Waals surface area contributed by atoms with Crippen molar-refractivity contribution in [3.63, 3.8) is 0 Å². The molecule has 1 aromatic heterocycles. The van der Waals surface area contributed by atoms with E-state index in [4.69, 9.17) is 4.74 Å². The van der Waals surface area contributed by atoms with Crippen LogP contribution < -0.4 is 10.6 Å². The van der Waals surface area contributed by atoms with Gasteiger partial charge >= 0.3 is 0 Å². The average molecular weight is 316 g/mol. The molecule has 0 radical (unpaired) electrons. The van der Waals surface area contributed by atoms with Gasteiger partial charge in [-0.1, -0.05) is 0 Å². The van der Waals surface area contributed by atoms with Crippen LogP contribution in [0.25, 0.3) is 0 Å². The second kappa shape index (κ2) is 6.72. The van der Waals surface area contributed by atoms with Gasteiger partial charge in [0.15, 0.2) is 0 Å². The fourth-order valence-electron chi connectivity index (χ4n) is 2.24. The van der Waals surface area contributed by atoms with E-state index in [2.05, 4.69) is 10.6 Å². The molecule has 1 fully saturated rings. The van der Waals surface area contributed by atoms with E-state index < -0.39 is 0 Å². The third-order valence-electron chi connectivity index (χ3n) is 3.42. The molecule has 0 saturated carbocycles. The maximum atomic E-state index is 11.9. The zero-order valence-electron chi connectivity index (χ0n) is 11.9. The third kappa shape index (κ3) is 3.52. The minimum Gasteiger partial charge on any atom is -0.368 e. The highest BCUT2D eigenvalue weighted by molar-refractivity contribution is 7.08. The first-order valence-corrected chi connectivity index (χ1v) is 8.03. The summed E-state index contributed by atoms with van der Waals surface area (Å²) < 4.78 is 5.34. The SMILES string of the molecule is O=C(Nc1ccc(NC(=O)C2CCCO2)cc1)c1ccsc1. The van der Waals surface area contributed by atoms with Crippen LogP contribution in [0.15, 0.2) is 41.1 Å². The molecule has 2 amide bonds. The van der Waals surface area contributed by atoms with Crippen molar-refractivity contribution in [2.45, 2.75) is 18.9 Å². The van der Waals surface area contributed by atoms with Crippen molar-refractivity contribution >= 4 is 34.5 Å². The molecule has 1 aromatic carbocycles. The molecule has 114 valence electrons. The summed E-state index contributed by atoms with van der Waals surface area (Å²) in [5.41, 5.74) is 2.01. The number of hydrogen-bond acceptors (Lipinski definition) is 4. The van der Waals surface area contributed by atoms with E-state index in [-0.39, 0.29) is 17.9 Å². The lowest BCUT2D eigenvalue weighted by Crippen LogP contribution is -2.26. The van der Waals surface area contributed by atoms with E-state index >= 15 is 0 Å². The van der Waals surface area contributed by atoms with E-state index in [0.717, 1.165) is 12.8 Å². The van der Waals surface area contributed by atoms with Crippen LogP contribution in [-0.4, -0.2) is 24.5 Å². The van der Waals surface area contributed by atoms with Crippen LogP contribution in [0.3, 0.4) is 0 Å². The summed E-state index contributed by atoms with van der Waals surface area (Å²) in [7, 11) is 0. The number of nitrogens with one attached hydrogen (secondary N) is 2. The third-order valence-corrected chi connectivity index (χ3v) is 4.10. The van der Waals surface area contributed by atoms with Crippen LogP contribution in [-0.2, 0) is 9.53 Å². The van der Waals surface area contributed by atoms with Crippen LogP contribution in [0.4, 0.5) is 11.4 Å². The second-order valence-corrected chi connectivity index (χ2v) is 5.81. The van der Waals surface area contributed by atoms with Crippen molar-refractivity contribution in [2.24, 2.45) is 0 Å². The number of thiophene rings is 1. The van der Waals surface area contributed by atoms with E-state index in [1.165, 1.54) is 11.3 Å². The van der Waals surface area contributed by atoms with Crippen molar-refractivity contribution in [3.05, 3.63) is 46.7 Å². The molecule has 1 aliphatic rings. The predicted octanol–water partition coefficient (Wildman–Crippen LogP) is 3.12. The molecule has 5 nitrogen and oxygen atoms in total. The minimum absolute atomic E-state index is 0.118. The van der Waals surface area contributed by atoms with E-state index in [0.29, 0.717) is 23.5 Å². The Bertz CT molecular complexity index is 647. The molecular weight excluding hydrogens is 300 g/mol. The molecule has 3 rings (SSSR count). The fraction of sp³-hybridized carbons (Fsp3) is 0.250. The van der Waals surface area contributed by atoms with Crippen molar-refractivity contribution in [1.82, 2.24) is 0 Å². The van der Waals surface area contributed by atoms with Gasteiger partial charge in [-0.05, 0) is 48.6 Å². The lowest BCUT2D eigenvalue weighted by molar-refractivity contribution is -0.124. The first-order valence-electron chi connectivity index (χ1n) is 7.08. The highest BCUT2D eigenvalue weighted by Gasteiger charge is 2.23. The summed E-state index contributed by atoms with van der Waals surface area (Å²) in [4.78, 5) is 23.8. The molecule has 0 spiro atoms. The number of benzene rings is 1. The van der Waals surface area contributed by atoms with Crippen LogP contribution in [0.1, 0.15) is 23.2 Å². The molecule has 1 saturated heterocycles. The average Bonchev–Trinajstić information content (AvgIpc) is 3.23. The molecular formula is C16H16N2O3S. The molecule has 0 aliphatic carbocycles. The standard InChI is InChI=1S/C16H16N2O3S/c19-15(11-7-9-22-10-11)17-12-3-5-13(6-4-12)18-16(20)14-2-1-8-21-14/h3-7,9-10,14H,1-2,8H2,(H,17,19)(H,18,20). The Hall–Kier alpha value is -2.18. The van der Waals surface area contributed by atoms with Crippen molar-refractivity contribution in [1.29, 1.82) is 0 Å². The topological polar surface area (TPSA) is 67.4 Å². The summed E-state index contributed by atoms with van der Waals surface area (Å²) >= 11 is 1.48. The zero-order chi connectivity index (χ0) is 15.4. The lowest BCUT2D eigenvalue weighted by Gasteiger charge is -2.11. The van der Waals surface area contributed by atoms with Gasteiger partial charge in [0.05, 0.1) is 5.56 Å². The number of carbonyl (C=O) groups is 2. The highest BCUT2D eigenvalue weighted by atomic mass is 32.1. The Balaban J connectivity index is 1.58. The molecule has 0 bridgehead atoms. The van der Waals surface area contributed by atoms with Crippen LogP contribution in [0.5, 0.6) is 0 Å². The van der Waals surface area contributed by atoms with Crippen molar-refractivity contribution in [3.8, 4) is 0 Å². The minimum atomic E-state index is -0.349. The fourth-order valence-corrected chi connectivity index (χ4v) is 2.88. The van der Waals surface area contributed by atoms with Gasteiger partial charge in [0, 0.05) is 23.4 Å². The second-order valence-electron chi connectivity index (χ2n) is 5.03. The monoisotopic (exact) mass is 316 g/mol. The lowest BCUT2D eigenvalue weighted by atomic mass is 10.2. The van der Waals surface area contributed by atoms with Gasteiger partial charge in [-0.25, -0.2) is 0 Å². The summed E-state index contributed by atoms with van der Waals surface area (Å²) in [5.74, 6) is -0.259.